The first-order chi connectivity index (χ1) is 6.36. The summed E-state index contributed by atoms with van der Waals surface area (Å²) in [4.78, 5) is 0. The Hall–Kier alpha value is -0.720. The van der Waals surface area contributed by atoms with Crippen molar-refractivity contribution in [3.63, 3.8) is 0 Å². The van der Waals surface area contributed by atoms with Crippen molar-refractivity contribution in [2.75, 3.05) is 0 Å². The minimum atomic E-state index is 0.819. The lowest BCUT2D eigenvalue weighted by Gasteiger charge is -2.07. The number of hydrogen-bond donors (Lipinski definition) is 1. The quantitative estimate of drug-likeness (QED) is 0.512. The molecule has 74 valence electrons. The lowest BCUT2D eigenvalue weighted by molar-refractivity contribution is 0.456. The van der Waals surface area contributed by atoms with E-state index < -0.39 is 0 Å². The summed E-state index contributed by atoms with van der Waals surface area (Å²) in [7, 11) is 0. The minimum Gasteiger partial charge on any atom is -0.515 e. The third-order valence-electron chi connectivity index (χ3n) is 2.73. The Balaban J connectivity index is 2.35. The van der Waals surface area contributed by atoms with E-state index in [4.69, 9.17) is 5.11 Å². The summed E-state index contributed by atoms with van der Waals surface area (Å²) in [5.41, 5.74) is 1.09. The Morgan fingerprint density at radius 1 is 1.38 bits per heavy atom. The Morgan fingerprint density at radius 3 is 2.62 bits per heavy atom. The van der Waals surface area contributed by atoms with E-state index in [1.807, 2.05) is 0 Å². The van der Waals surface area contributed by atoms with Crippen LogP contribution in [-0.2, 0) is 0 Å². The van der Waals surface area contributed by atoms with E-state index in [0.717, 1.165) is 24.3 Å². The fourth-order valence-electron chi connectivity index (χ4n) is 1.98. The maximum atomic E-state index is 9.00. The van der Waals surface area contributed by atoms with E-state index in [1.165, 1.54) is 31.9 Å². The molecule has 0 heterocycles. The van der Waals surface area contributed by atoms with Crippen LogP contribution in [0.5, 0.6) is 0 Å². The second kappa shape index (κ2) is 5.85. The molecule has 1 rings (SSSR count). The van der Waals surface area contributed by atoms with Gasteiger partial charge in [-0.05, 0) is 24.3 Å². The average molecular weight is 180 g/mol. The standard InChI is InChI=1S/C12H20O/c1-2-3-6-12(10-13)9-11-7-4-5-8-11/h3,6,10-11,13H,2,4-5,7-9H2,1H3/b6-3-,12-10+. The van der Waals surface area contributed by atoms with Crippen LogP contribution in [0.25, 0.3) is 0 Å². The molecular weight excluding hydrogens is 160 g/mol. The largest absolute Gasteiger partial charge is 0.515 e. The van der Waals surface area contributed by atoms with Gasteiger partial charge in [0.2, 0.25) is 0 Å². The van der Waals surface area contributed by atoms with Gasteiger partial charge in [0.1, 0.15) is 0 Å². The van der Waals surface area contributed by atoms with E-state index in [-0.39, 0.29) is 0 Å². The van der Waals surface area contributed by atoms with Crippen LogP contribution in [-0.4, -0.2) is 5.11 Å². The van der Waals surface area contributed by atoms with Crippen LogP contribution in [0.1, 0.15) is 45.4 Å². The number of aliphatic hydroxyl groups excluding tert-OH is 1. The van der Waals surface area contributed by atoms with Gasteiger partial charge in [-0.2, -0.15) is 0 Å². The lowest BCUT2D eigenvalue weighted by Crippen LogP contribution is -1.94. The monoisotopic (exact) mass is 180 g/mol. The average Bonchev–Trinajstić information content (AvgIpc) is 2.64. The predicted molar refractivity (Wildman–Crippen MR) is 56.7 cm³/mol. The van der Waals surface area contributed by atoms with E-state index in [9.17, 15) is 0 Å². The third-order valence-corrected chi connectivity index (χ3v) is 2.73. The molecule has 0 aliphatic heterocycles. The molecule has 1 aliphatic carbocycles. The van der Waals surface area contributed by atoms with Crippen molar-refractivity contribution in [3.05, 3.63) is 24.0 Å². The molecule has 1 fully saturated rings. The molecule has 1 heteroatoms. The molecule has 0 radical (unpaired) electrons. The molecule has 0 atom stereocenters. The summed E-state index contributed by atoms with van der Waals surface area (Å²) in [5, 5.41) is 9.00. The molecule has 0 spiro atoms. The van der Waals surface area contributed by atoms with Crippen molar-refractivity contribution < 1.29 is 5.11 Å². The molecule has 0 saturated heterocycles. The van der Waals surface area contributed by atoms with Crippen molar-refractivity contribution in [2.45, 2.75) is 45.4 Å². The van der Waals surface area contributed by atoms with Crippen LogP contribution >= 0.6 is 0 Å². The second-order valence-corrected chi connectivity index (χ2v) is 3.87. The van der Waals surface area contributed by atoms with Gasteiger partial charge in [-0.3, -0.25) is 0 Å². The number of rotatable bonds is 4. The Labute approximate surface area is 81.2 Å². The molecule has 0 amide bonds. The lowest BCUT2D eigenvalue weighted by atomic mass is 9.98. The first-order valence-electron chi connectivity index (χ1n) is 5.36. The molecular formula is C12H20O. The van der Waals surface area contributed by atoms with Gasteiger partial charge in [0.15, 0.2) is 0 Å². The normalized spacial score (nSPS) is 20.2. The molecule has 0 bridgehead atoms. The zero-order valence-corrected chi connectivity index (χ0v) is 8.50. The van der Waals surface area contributed by atoms with E-state index in [2.05, 4.69) is 19.1 Å². The number of allylic oxidation sites excluding steroid dienone is 3. The molecule has 0 aromatic carbocycles. The van der Waals surface area contributed by atoms with Crippen LogP contribution in [0, 0.1) is 5.92 Å². The first kappa shape index (κ1) is 10.4. The van der Waals surface area contributed by atoms with Gasteiger partial charge in [0.05, 0.1) is 6.26 Å². The summed E-state index contributed by atoms with van der Waals surface area (Å²) in [6, 6.07) is 0. The maximum Gasteiger partial charge on any atom is 0.0823 e. The number of aliphatic hydroxyl groups is 1. The van der Waals surface area contributed by atoms with E-state index in [1.54, 1.807) is 0 Å². The molecule has 1 N–H and O–H groups in total. The molecule has 1 saturated carbocycles. The zero-order chi connectivity index (χ0) is 9.52. The predicted octanol–water partition coefficient (Wildman–Crippen LogP) is 3.97. The van der Waals surface area contributed by atoms with Gasteiger partial charge in [-0.1, -0.05) is 44.8 Å². The summed E-state index contributed by atoms with van der Waals surface area (Å²) < 4.78 is 0. The molecule has 0 aromatic heterocycles. The van der Waals surface area contributed by atoms with Gasteiger partial charge < -0.3 is 5.11 Å². The van der Waals surface area contributed by atoms with Crippen molar-refractivity contribution in [1.29, 1.82) is 0 Å². The van der Waals surface area contributed by atoms with Crippen LogP contribution in [0.3, 0.4) is 0 Å². The summed E-state index contributed by atoms with van der Waals surface area (Å²) in [6.45, 7) is 2.11. The fraction of sp³-hybridized carbons (Fsp3) is 0.667. The topological polar surface area (TPSA) is 20.2 Å². The van der Waals surface area contributed by atoms with Gasteiger partial charge in [0, 0.05) is 0 Å². The van der Waals surface area contributed by atoms with Gasteiger partial charge in [0.25, 0.3) is 0 Å². The molecule has 0 aromatic rings. The first-order valence-corrected chi connectivity index (χ1v) is 5.36. The summed E-state index contributed by atoms with van der Waals surface area (Å²) >= 11 is 0. The second-order valence-electron chi connectivity index (χ2n) is 3.87. The SMILES string of the molecule is CC/C=C\C(=C/O)CC1CCCC1. The van der Waals surface area contributed by atoms with Crippen molar-refractivity contribution in [3.8, 4) is 0 Å². The summed E-state index contributed by atoms with van der Waals surface area (Å²) in [6.07, 6.45) is 13.0. The van der Waals surface area contributed by atoms with E-state index >= 15 is 0 Å². The van der Waals surface area contributed by atoms with Gasteiger partial charge in [-0.25, -0.2) is 0 Å². The highest BCUT2D eigenvalue weighted by atomic mass is 16.2. The van der Waals surface area contributed by atoms with Crippen LogP contribution < -0.4 is 0 Å². The van der Waals surface area contributed by atoms with Crippen molar-refractivity contribution in [1.82, 2.24) is 0 Å². The third kappa shape index (κ3) is 3.67. The van der Waals surface area contributed by atoms with Crippen LogP contribution in [0.2, 0.25) is 0 Å². The summed E-state index contributed by atoms with van der Waals surface area (Å²) in [5.74, 6) is 0.819. The van der Waals surface area contributed by atoms with Crippen LogP contribution in [0.15, 0.2) is 24.0 Å². The fourth-order valence-corrected chi connectivity index (χ4v) is 1.98. The molecule has 1 nitrogen and oxygen atoms in total. The smallest absolute Gasteiger partial charge is 0.0823 e. The Bertz CT molecular complexity index is 185. The highest BCUT2D eigenvalue weighted by Crippen LogP contribution is 2.30. The maximum absolute atomic E-state index is 9.00. The molecule has 1 aliphatic rings. The van der Waals surface area contributed by atoms with Crippen molar-refractivity contribution in [2.24, 2.45) is 5.92 Å². The van der Waals surface area contributed by atoms with Gasteiger partial charge >= 0.3 is 0 Å². The highest BCUT2D eigenvalue weighted by molar-refractivity contribution is 5.16. The Kier molecular flexibility index (Phi) is 4.66. The zero-order valence-electron chi connectivity index (χ0n) is 8.50. The number of hydrogen-bond acceptors (Lipinski definition) is 1. The van der Waals surface area contributed by atoms with E-state index in [0.29, 0.717) is 0 Å². The van der Waals surface area contributed by atoms with Gasteiger partial charge in [-0.15, -0.1) is 0 Å². The molecule has 13 heavy (non-hydrogen) atoms. The minimum absolute atomic E-state index is 0.819. The molecule has 0 unspecified atom stereocenters. The Morgan fingerprint density at radius 2 is 2.08 bits per heavy atom. The van der Waals surface area contributed by atoms with Crippen LogP contribution in [0.4, 0.5) is 0 Å². The highest BCUT2D eigenvalue weighted by Gasteiger charge is 2.15. The van der Waals surface area contributed by atoms with Crippen molar-refractivity contribution >= 4 is 0 Å².